The van der Waals surface area contributed by atoms with E-state index < -0.39 is 10.0 Å². The highest BCUT2D eigenvalue weighted by Crippen LogP contribution is 2.23. The van der Waals surface area contributed by atoms with Crippen molar-refractivity contribution in [3.8, 4) is 0 Å². The van der Waals surface area contributed by atoms with Crippen LogP contribution in [0.2, 0.25) is 0 Å². The van der Waals surface area contributed by atoms with Crippen molar-refractivity contribution in [2.45, 2.75) is 25.4 Å². The molecule has 134 valence electrons. The summed E-state index contributed by atoms with van der Waals surface area (Å²) in [4.78, 5) is 19.1. The van der Waals surface area contributed by atoms with Crippen molar-refractivity contribution in [3.05, 3.63) is 52.5 Å². The van der Waals surface area contributed by atoms with Gasteiger partial charge in [0, 0.05) is 38.1 Å². The quantitative estimate of drug-likeness (QED) is 0.799. The summed E-state index contributed by atoms with van der Waals surface area (Å²) in [5, 5.41) is 1.87. The summed E-state index contributed by atoms with van der Waals surface area (Å²) < 4.78 is 26.2. The fraction of sp³-hybridized carbons (Fsp3) is 0.412. The zero-order chi connectivity index (χ0) is 17.9. The number of nitrogens with zero attached hydrogens (tertiary/aromatic N) is 3. The van der Waals surface area contributed by atoms with E-state index in [1.54, 1.807) is 29.4 Å². The molecule has 0 N–H and O–H groups in total. The fourth-order valence-corrected chi connectivity index (χ4v) is 4.91. The number of carbonyl (C=O) groups is 1. The average Bonchev–Trinajstić information content (AvgIpc) is 3.14. The Kier molecular flexibility index (Phi) is 5.51. The largest absolute Gasteiger partial charge is 0.336 e. The molecule has 0 radical (unpaired) electrons. The molecule has 2 aromatic rings. The number of hydrogen-bond acceptors (Lipinski definition) is 5. The van der Waals surface area contributed by atoms with Crippen LogP contribution >= 0.6 is 11.3 Å². The number of amides is 1. The normalized spacial score (nSPS) is 18.5. The van der Waals surface area contributed by atoms with E-state index in [0.29, 0.717) is 18.0 Å². The molecule has 1 aliphatic heterocycles. The van der Waals surface area contributed by atoms with E-state index >= 15 is 0 Å². The molecule has 1 atom stereocenters. The summed E-state index contributed by atoms with van der Waals surface area (Å²) in [5.74, 6) is -0.0190. The Balaban J connectivity index is 1.77. The van der Waals surface area contributed by atoms with E-state index in [2.05, 4.69) is 4.98 Å². The number of rotatable bonds is 5. The third-order valence-corrected chi connectivity index (χ3v) is 6.45. The van der Waals surface area contributed by atoms with Gasteiger partial charge in [-0.3, -0.25) is 9.78 Å². The molecule has 1 saturated heterocycles. The highest BCUT2D eigenvalue weighted by atomic mass is 32.2. The molecular formula is C17H21N3O3S2. The lowest BCUT2D eigenvalue weighted by Crippen LogP contribution is -2.51. The van der Waals surface area contributed by atoms with Gasteiger partial charge in [0.1, 0.15) is 0 Å². The number of pyridine rings is 1. The van der Waals surface area contributed by atoms with Crippen LogP contribution in [0, 0.1) is 0 Å². The van der Waals surface area contributed by atoms with E-state index in [1.165, 1.54) is 21.9 Å². The van der Waals surface area contributed by atoms with Crippen LogP contribution in [0.3, 0.4) is 0 Å². The van der Waals surface area contributed by atoms with Crippen LogP contribution in [0.1, 0.15) is 28.1 Å². The zero-order valence-electron chi connectivity index (χ0n) is 14.0. The van der Waals surface area contributed by atoms with E-state index in [4.69, 9.17) is 0 Å². The van der Waals surface area contributed by atoms with Crippen molar-refractivity contribution in [2.75, 3.05) is 19.3 Å². The lowest BCUT2D eigenvalue weighted by molar-refractivity contribution is 0.0655. The molecule has 25 heavy (non-hydrogen) atoms. The topological polar surface area (TPSA) is 70.6 Å². The lowest BCUT2D eigenvalue weighted by atomic mass is 10.0. The molecule has 8 heteroatoms. The second kappa shape index (κ2) is 7.63. The molecule has 0 saturated carbocycles. The molecule has 6 nitrogen and oxygen atoms in total. The molecule has 3 heterocycles. The van der Waals surface area contributed by atoms with Gasteiger partial charge in [-0.25, -0.2) is 8.42 Å². The lowest BCUT2D eigenvalue weighted by Gasteiger charge is -2.38. The standard InChI is InChI=1S/C17H21N3O3S2/c1-25(22,23)20(12-14-5-2-8-18-11-14)15-6-3-9-19(13-15)17(21)16-7-4-10-24-16/h2,4-5,7-8,10-11,15H,3,6,9,12-13H2,1H3. The van der Waals surface area contributed by atoms with Crippen LogP contribution in [0.25, 0.3) is 0 Å². The van der Waals surface area contributed by atoms with Gasteiger partial charge >= 0.3 is 0 Å². The molecule has 0 aliphatic carbocycles. The van der Waals surface area contributed by atoms with Crippen molar-refractivity contribution in [1.82, 2.24) is 14.2 Å². The van der Waals surface area contributed by atoms with Gasteiger partial charge in [-0.15, -0.1) is 11.3 Å². The minimum Gasteiger partial charge on any atom is -0.336 e. The highest BCUT2D eigenvalue weighted by Gasteiger charge is 2.33. The van der Waals surface area contributed by atoms with Gasteiger partial charge in [0.05, 0.1) is 11.1 Å². The van der Waals surface area contributed by atoms with Crippen molar-refractivity contribution < 1.29 is 13.2 Å². The number of likely N-dealkylation sites (tertiary alicyclic amines) is 1. The molecule has 2 aromatic heterocycles. The smallest absolute Gasteiger partial charge is 0.263 e. The van der Waals surface area contributed by atoms with Gasteiger partial charge in [-0.1, -0.05) is 12.1 Å². The maximum atomic E-state index is 12.6. The summed E-state index contributed by atoms with van der Waals surface area (Å²) in [7, 11) is -3.40. The highest BCUT2D eigenvalue weighted by molar-refractivity contribution is 7.88. The third kappa shape index (κ3) is 4.45. The molecular weight excluding hydrogens is 358 g/mol. The predicted molar refractivity (Wildman–Crippen MR) is 97.9 cm³/mol. The monoisotopic (exact) mass is 379 g/mol. The number of sulfonamides is 1. The molecule has 1 amide bonds. The average molecular weight is 380 g/mol. The van der Waals surface area contributed by atoms with E-state index in [-0.39, 0.29) is 18.5 Å². The van der Waals surface area contributed by atoms with Crippen LogP contribution in [0.5, 0.6) is 0 Å². The number of aromatic nitrogens is 1. The Morgan fingerprint density at radius 2 is 2.24 bits per heavy atom. The van der Waals surface area contributed by atoms with Gasteiger partial charge in [0.2, 0.25) is 10.0 Å². The number of hydrogen-bond donors (Lipinski definition) is 0. The molecule has 0 aromatic carbocycles. The van der Waals surface area contributed by atoms with Crippen molar-refractivity contribution in [3.63, 3.8) is 0 Å². The first-order valence-corrected chi connectivity index (χ1v) is 10.9. The van der Waals surface area contributed by atoms with Crippen molar-refractivity contribution >= 4 is 27.3 Å². The molecule has 0 bridgehead atoms. The van der Waals surface area contributed by atoms with Gasteiger partial charge < -0.3 is 4.90 Å². The third-order valence-electron chi connectivity index (χ3n) is 4.31. The Bertz CT molecular complexity index is 807. The Morgan fingerprint density at radius 3 is 2.88 bits per heavy atom. The Hall–Kier alpha value is -1.77. The first kappa shape index (κ1) is 18.0. The van der Waals surface area contributed by atoms with E-state index in [1.807, 2.05) is 17.5 Å². The summed E-state index contributed by atoms with van der Waals surface area (Å²) >= 11 is 1.41. The maximum absolute atomic E-state index is 12.6. The second-order valence-corrected chi connectivity index (χ2v) is 9.08. The van der Waals surface area contributed by atoms with Gasteiger partial charge in [0.15, 0.2) is 0 Å². The van der Waals surface area contributed by atoms with Crippen molar-refractivity contribution in [2.24, 2.45) is 0 Å². The minimum atomic E-state index is -3.40. The second-order valence-electron chi connectivity index (χ2n) is 6.19. The van der Waals surface area contributed by atoms with Crippen LogP contribution in [-0.4, -0.2) is 53.9 Å². The summed E-state index contributed by atoms with van der Waals surface area (Å²) in [5.41, 5.74) is 0.842. The molecule has 3 rings (SSSR count). The van der Waals surface area contributed by atoms with Crippen LogP contribution < -0.4 is 0 Å². The van der Waals surface area contributed by atoms with Gasteiger partial charge in [0.25, 0.3) is 5.91 Å². The zero-order valence-corrected chi connectivity index (χ0v) is 15.7. The van der Waals surface area contributed by atoms with Crippen LogP contribution in [0.4, 0.5) is 0 Å². The SMILES string of the molecule is CS(=O)(=O)N(Cc1cccnc1)C1CCCN(C(=O)c2cccs2)C1. The van der Waals surface area contributed by atoms with Crippen molar-refractivity contribution in [1.29, 1.82) is 0 Å². The first-order chi connectivity index (χ1) is 11.9. The van der Waals surface area contributed by atoms with E-state index in [9.17, 15) is 13.2 Å². The predicted octanol–water partition coefficient (Wildman–Crippen LogP) is 2.21. The molecule has 1 unspecified atom stereocenters. The number of piperidine rings is 1. The van der Waals surface area contributed by atoms with Crippen LogP contribution in [-0.2, 0) is 16.6 Å². The molecule has 1 fully saturated rings. The van der Waals surface area contributed by atoms with Gasteiger partial charge in [-0.2, -0.15) is 4.31 Å². The number of thiophene rings is 1. The summed E-state index contributed by atoms with van der Waals surface area (Å²) in [6.45, 7) is 1.36. The maximum Gasteiger partial charge on any atom is 0.263 e. The summed E-state index contributed by atoms with van der Waals surface area (Å²) in [6, 6.07) is 7.10. The Morgan fingerprint density at radius 1 is 1.40 bits per heavy atom. The minimum absolute atomic E-state index is 0.0190. The van der Waals surface area contributed by atoms with Crippen LogP contribution in [0.15, 0.2) is 42.0 Å². The Labute approximate surface area is 152 Å². The fourth-order valence-electron chi connectivity index (χ4n) is 3.12. The van der Waals surface area contributed by atoms with E-state index in [0.717, 1.165) is 18.4 Å². The summed E-state index contributed by atoms with van der Waals surface area (Å²) in [6.07, 6.45) is 6.11. The first-order valence-electron chi connectivity index (χ1n) is 8.13. The van der Waals surface area contributed by atoms with Gasteiger partial charge in [-0.05, 0) is 35.9 Å². The molecule has 0 spiro atoms. The molecule has 1 aliphatic rings. The number of carbonyl (C=O) groups excluding carboxylic acids is 1.